The zero-order valence-electron chi connectivity index (χ0n) is 9.86. The van der Waals surface area contributed by atoms with Crippen molar-refractivity contribution in [3.8, 4) is 0 Å². The highest BCUT2D eigenvalue weighted by Gasteiger charge is 2.03. The summed E-state index contributed by atoms with van der Waals surface area (Å²) in [6.07, 6.45) is 1.22. The average Bonchev–Trinajstić information content (AvgIpc) is 2.25. The third-order valence-electron chi connectivity index (χ3n) is 2.40. The second-order valence-electron chi connectivity index (χ2n) is 4.11. The van der Waals surface area contributed by atoms with E-state index in [-0.39, 0.29) is 12.0 Å². The van der Waals surface area contributed by atoms with Crippen molar-refractivity contribution < 1.29 is 9.90 Å². The molecule has 1 unspecified atom stereocenters. The van der Waals surface area contributed by atoms with Crippen LogP contribution >= 0.6 is 0 Å². The van der Waals surface area contributed by atoms with Crippen LogP contribution in [0.25, 0.3) is 0 Å². The van der Waals surface area contributed by atoms with Gasteiger partial charge < -0.3 is 10.4 Å². The molecule has 1 rings (SSSR count). The first-order valence-corrected chi connectivity index (χ1v) is 5.62. The first-order chi connectivity index (χ1) is 7.59. The summed E-state index contributed by atoms with van der Waals surface area (Å²) in [6.45, 7) is 4.35. The van der Waals surface area contributed by atoms with E-state index in [2.05, 4.69) is 5.32 Å². The van der Waals surface area contributed by atoms with Gasteiger partial charge in [0.25, 0.3) is 5.91 Å². The molecule has 0 aromatic heterocycles. The lowest BCUT2D eigenvalue weighted by Gasteiger charge is -2.06. The van der Waals surface area contributed by atoms with Crippen molar-refractivity contribution >= 4 is 5.91 Å². The monoisotopic (exact) mass is 221 g/mol. The first kappa shape index (κ1) is 12.7. The highest BCUT2D eigenvalue weighted by Crippen LogP contribution is 2.03. The number of benzene rings is 1. The molecule has 0 aliphatic heterocycles. The third kappa shape index (κ3) is 4.45. The second-order valence-corrected chi connectivity index (χ2v) is 4.11. The molecule has 0 fully saturated rings. The molecule has 3 nitrogen and oxygen atoms in total. The Hall–Kier alpha value is -1.35. The van der Waals surface area contributed by atoms with E-state index in [0.717, 1.165) is 12.0 Å². The van der Waals surface area contributed by atoms with E-state index in [9.17, 15) is 4.79 Å². The Balaban J connectivity index is 2.32. The summed E-state index contributed by atoms with van der Waals surface area (Å²) in [7, 11) is 0. The maximum atomic E-state index is 11.6. The fraction of sp³-hybridized carbons (Fsp3) is 0.462. The van der Waals surface area contributed by atoms with Crippen molar-refractivity contribution in [3.63, 3.8) is 0 Å². The van der Waals surface area contributed by atoms with E-state index in [1.54, 1.807) is 6.92 Å². The van der Waals surface area contributed by atoms with E-state index < -0.39 is 0 Å². The average molecular weight is 221 g/mol. The number of aliphatic hydroxyl groups is 1. The lowest BCUT2D eigenvalue weighted by atomic mass is 10.1. The summed E-state index contributed by atoms with van der Waals surface area (Å²) < 4.78 is 0. The Morgan fingerprint density at radius 3 is 2.56 bits per heavy atom. The van der Waals surface area contributed by atoms with Crippen molar-refractivity contribution in [2.24, 2.45) is 0 Å². The van der Waals surface area contributed by atoms with E-state index in [0.29, 0.717) is 18.5 Å². The number of hydrogen-bond donors (Lipinski definition) is 2. The van der Waals surface area contributed by atoms with Crippen LogP contribution in [-0.2, 0) is 0 Å². The first-order valence-electron chi connectivity index (χ1n) is 5.62. The van der Waals surface area contributed by atoms with Crippen LogP contribution in [0.1, 0.15) is 35.7 Å². The number of nitrogens with one attached hydrogen (secondary N) is 1. The molecule has 1 aromatic rings. The van der Waals surface area contributed by atoms with E-state index in [4.69, 9.17) is 5.11 Å². The number of carbonyl (C=O) groups excluding carboxylic acids is 1. The minimum atomic E-state index is -0.295. The molecule has 0 aliphatic carbocycles. The molecule has 0 aliphatic rings. The predicted molar refractivity (Wildman–Crippen MR) is 64.4 cm³/mol. The minimum Gasteiger partial charge on any atom is -0.393 e. The molecular formula is C13H19NO2. The van der Waals surface area contributed by atoms with Crippen LogP contribution in [0, 0.1) is 6.92 Å². The topological polar surface area (TPSA) is 49.3 Å². The van der Waals surface area contributed by atoms with Gasteiger partial charge in [0.2, 0.25) is 0 Å². The quantitative estimate of drug-likeness (QED) is 0.746. The molecule has 0 heterocycles. The van der Waals surface area contributed by atoms with Gasteiger partial charge in [0.1, 0.15) is 0 Å². The Bertz CT molecular complexity index is 330. The predicted octanol–water partition coefficient (Wildman–Crippen LogP) is 1.89. The summed E-state index contributed by atoms with van der Waals surface area (Å²) >= 11 is 0. The number of aryl methyl sites for hydroxylation is 1. The van der Waals surface area contributed by atoms with Gasteiger partial charge in [0.05, 0.1) is 6.10 Å². The highest BCUT2D eigenvalue weighted by atomic mass is 16.3. The summed E-state index contributed by atoms with van der Waals surface area (Å²) in [5.41, 5.74) is 1.83. The van der Waals surface area contributed by atoms with Gasteiger partial charge in [-0.1, -0.05) is 17.7 Å². The Morgan fingerprint density at radius 2 is 2.00 bits per heavy atom. The van der Waals surface area contributed by atoms with Crippen molar-refractivity contribution in [3.05, 3.63) is 35.4 Å². The second kappa shape index (κ2) is 6.28. The third-order valence-corrected chi connectivity index (χ3v) is 2.40. The molecule has 0 saturated carbocycles. The Kier molecular flexibility index (Phi) is 4.99. The summed E-state index contributed by atoms with van der Waals surface area (Å²) in [5.74, 6) is -0.0504. The Morgan fingerprint density at radius 1 is 1.38 bits per heavy atom. The lowest BCUT2D eigenvalue weighted by molar-refractivity contribution is 0.0949. The zero-order valence-corrected chi connectivity index (χ0v) is 9.86. The number of rotatable bonds is 5. The maximum absolute atomic E-state index is 11.6. The van der Waals surface area contributed by atoms with Gasteiger partial charge in [-0.25, -0.2) is 0 Å². The summed E-state index contributed by atoms with van der Waals surface area (Å²) in [4.78, 5) is 11.6. The van der Waals surface area contributed by atoms with Crippen LogP contribution in [0.5, 0.6) is 0 Å². The van der Waals surface area contributed by atoms with Crippen LogP contribution < -0.4 is 5.32 Å². The molecule has 0 spiro atoms. The Labute approximate surface area is 96.5 Å². The molecule has 0 bridgehead atoms. The normalized spacial score (nSPS) is 12.2. The van der Waals surface area contributed by atoms with Crippen LogP contribution in [-0.4, -0.2) is 23.7 Å². The maximum Gasteiger partial charge on any atom is 0.251 e. The number of carbonyl (C=O) groups is 1. The zero-order chi connectivity index (χ0) is 12.0. The van der Waals surface area contributed by atoms with Crippen LogP contribution in [0.2, 0.25) is 0 Å². The number of amides is 1. The molecule has 2 N–H and O–H groups in total. The minimum absolute atomic E-state index is 0.0504. The van der Waals surface area contributed by atoms with Gasteiger partial charge in [-0.2, -0.15) is 0 Å². The van der Waals surface area contributed by atoms with Gasteiger partial charge in [-0.3, -0.25) is 4.79 Å². The molecule has 0 radical (unpaired) electrons. The molecule has 16 heavy (non-hydrogen) atoms. The van der Waals surface area contributed by atoms with Gasteiger partial charge in [-0.05, 0) is 38.8 Å². The summed E-state index contributed by atoms with van der Waals surface area (Å²) in [5, 5.41) is 11.9. The molecule has 3 heteroatoms. The van der Waals surface area contributed by atoms with Crippen LogP contribution in [0.15, 0.2) is 24.3 Å². The SMILES string of the molecule is Cc1ccc(C(=O)NCCCC(C)O)cc1. The van der Waals surface area contributed by atoms with Crippen molar-refractivity contribution in [1.82, 2.24) is 5.32 Å². The molecule has 88 valence electrons. The van der Waals surface area contributed by atoms with Gasteiger partial charge in [0, 0.05) is 12.1 Å². The molecule has 0 saturated heterocycles. The molecule has 1 amide bonds. The van der Waals surface area contributed by atoms with Crippen LogP contribution in [0.4, 0.5) is 0 Å². The van der Waals surface area contributed by atoms with Crippen molar-refractivity contribution in [2.45, 2.75) is 32.8 Å². The van der Waals surface area contributed by atoms with E-state index in [1.165, 1.54) is 0 Å². The fourth-order valence-corrected chi connectivity index (χ4v) is 1.41. The van der Waals surface area contributed by atoms with Crippen LogP contribution in [0.3, 0.4) is 0 Å². The van der Waals surface area contributed by atoms with E-state index >= 15 is 0 Å². The summed E-state index contributed by atoms with van der Waals surface area (Å²) in [6, 6.07) is 7.48. The number of hydrogen-bond acceptors (Lipinski definition) is 2. The fourth-order valence-electron chi connectivity index (χ4n) is 1.41. The highest BCUT2D eigenvalue weighted by molar-refractivity contribution is 5.94. The lowest BCUT2D eigenvalue weighted by Crippen LogP contribution is -2.24. The van der Waals surface area contributed by atoms with Crippen molar-refractivity contribution in [1.29, 1.82) is 0 Å². The standard InChI is InChI=1S/C13H19NO2/c1-10-5-7-12(8-6-10)13(16)14-9-3-4-11(2)15/h5-8,11,15H,3-4,9H2,1-2H3,(H,14,16). The van der Waals surface area contributed by atoms with Gasteiger partial charge in [-0.15, -0.1) is 0 Å². The van der Waals surface area contributed by atoms with Gasteiger partial charge >= 0.3 is 0 Å². The molecule has 1 atom stereocenters. The molecule has 1 aromatic carbocycles. The smallest absolute Gasteiger partial charge is 0.251 e. The van der Waals surface area contributed by atoms with E-state index in [1.807, 2.05) is 31.2 Å². The molecular weight excluding hydrogens is 202 g/mol. The number of aliphatic hydroxyl groups excluding tert-OH is 1. The van der Waals surface area contributed by atoms with Crippen molar-refractivity contribution in [2.75, 3.05) is 6.54 Å². The van der Waals surface area contributed by atoms with Gasteiger partial charge in [0.15, 0.2) is 0 Å². The largest absolute Gasteiger partial charge is 0.393 e.